The van der Waals surface area contributed by atoms with Crippen LogP contribution in [0.3, 0.4) is 0 Å². The Balaban J connectivity index is 1.45. The maximum absolute atomic E-state index is 12.7. The summed E-state index contributed by atoms with van der Waals surface area (Å²) < 4.78 is 48.5. The van der Waals surface area contributed by atoms with Gasteiger partial charge in [0.05, 0.1) is 59.5 Å². The van der Waals surface area contributed by atoms with E-state index >= 15 is 0 Å². The van der Waals surface area contributed by atoms with Crippen molar-refractivity contribution < 1.29 is 37.5 Å². The van der Waals surface area contributed by atoms with E-state index < -0.39 is 32.6 Å². The number of ether oxygens (including phenoxy) is 5. The zero-order valence-electron chi connectivity index (χ0n) is 36.3. The van der Waals surface area contributed by atoms with E-state index in [2.05, 4.69) is 53.7 Å². The third kappa shape index (κ3) is 10.1. The Labute approximate surface area is 359 Å². The molecule has 4 atom stereocenters. The zero-order chi connectivity index (χ0) is 43.7. The van der Waals surface area contributed by atoms with Crippen LogP contribution in [-0.2, 0) is 28.9 Å². The number of amides is 1. The molecule has 16 heteroatoms. The number of methoxy groups -OCH3 is 3. The van der Waals surface area contributed by atoms with Crippen molar-refractivity contribution in [1.82, 2.24) is 24.2 Å². The van der Waals surface area contributed by atoms with Gasteiger partial charge in [-0.05, 0) is 68.7 Å². The molecule has 5 aromatic rings. The number of fused-ring (bicyclic) bond motifs is 1. The number of benzene rings is 3. The third-order valence-corrected chi connectivity index (χ3v) is 12.5. The summed E-state index contributed by atoms with van der Waals surface area (Å²) in [6.45, 7) is 12.2. The number of nitrogens with one attached hydrogen (secondary N) is 1. The number of carbonyl (C=O) groups is 1. The Bertz CT molecular complexity index is 2180. The van der Waals surface area contributed by atoms with E-state index in [1.807, 2.05) is 78.9 Å². The van der Waals surface area contributed by atoms with Gasteiger partial charge in [0, 0.05) is 24.4 Å². The van der Waals surface area contributed by atoms with Crippen molar-refractivity contribution in [2.24, 2.45) is 5.92 Å². The lowest BCUT2D eigenvalue weighted by Crippen LogP contribution is -2.39. The summed E-state index contributed by atoms with van der Waals surface area (Å²) in [6.07, 6.45) is 0.325. The maximum atomic E-state index is 12.7. The first-order chi connectivity index (χ1) is 29.4. The van der Waals surface area contributed by atoms with Crippen molar-refractivity contribution in [3.8, 4) is 23.4 Å². The van der Waals surface area contributed by atoms with Gasteiger partial charge in [0.1, 0.15) is 29.4 Å². The van der Waals surface area contributed by atoms with Crippen molar-refractivity contribution in [3.63, 3.8) is 0 Å². The number of aromatic nitrogens is 4. The lowest BCUT2D eigenvalue weighted by atomic mass is 9.80. The molecule has 0 radical (unpaired) electrons. The van der Waals surface area contributed by atoms with Gasteiger partial charge in [0.25, 0.3) is 8.53 Å². The molecule has 3 aromatic carbocycles. The average molecular weight is 854 g/mol. The highest BCUT2D eigenvalue weighted by molar-refractivity contribution is 7.44. The molecule has 0 spiro atoms. The predicted molar refractivity (Wildman–Crippen MR) is 232 cm³/mol. The molecule has 1 fully saturated rings. The minimum absolute atomic E-state index is 0.0677. The number of rotatable bonds is 20. The number of carbonyl (C=O) groups excluding carboxylic acids is 1. The third-order valence-electron chi connectivity index (χ3n) is 10.4. The van der Waals surface area contributed by atoms with E-state index in [-0.39, 0.29) is 55.4 Å². The van der Waals surface area contributed by atoms with Gasteiger partial charge in [-0.2, -0.15) is 15.2 Å². The molecule has 1 N–H and O–H groups in total. The van der Waals surface area contributed by atoms with Crippen molar-refractivity contribution in [2.45, 2.75) is 90.5 Å². The van der Waals surface area contributed by atoms with Gasteiger partial charge in [-0.25, -0.2) is 9.65 Å². The molecule has 6 rings (SSSR count). The van der Waals surface area contributed by atoms with Crippen molar-refractivity contribution in [2.75, 3.05) is 39.9 Å². The Morgan fingerprint density at radius 1 is 0.902 bits per heavy atom. The number of hydrogen-bond acceptors (Lipinski definition) is 13. The molecule has 1 aliphatic heterocycles. The highest BCUT2D eigenvalue weighted by Crippen LogP contribution is 2.51. The molecule has 1 aliphatic rings. The lowest BCUT2D eigenvalue weighted by Gasteiger charge is -2.39. The lowest BCUT2D eigenvalue weighted by molar-refractivity contribution is -0.118. The summed E-state index contributed by atoms with van der Waals surface area (Å²) in [7, 11) is 3.10. The second-order valence-corrected chi connectivity index (χ2v) is 16.8. The normalized spacial score (nSPS) is 17.3. The molecule has 324 valence electrons. The average Bonchev–Trinajstić information content (AvgIpc) is 3.88. The molecule has 1 saturated heterocycles. The first-order valence-electron chi connectivity index (χ1n) is 20.4. The minimum atomic E-state index is -1.67. The van der Waals surface area contributed by atoms with Gasteiger partial charge < -0.3 is 32.7 Å². The van der Waals surface area contributed by atoms with Gasteiger partial charge >= 0.3 is 0 Å². The first-order valence-corrected chi connectivity index (χ1v) is 21.5. The molecule has 1 amide bonds. The minimum Gasteiger partial charge on any atom is -0.497 e. The molecule has 0 saturated carbocycles. The van der Waals surface area contributed by atoms with E-state index in [1.54, 1.807) is 39.0 Å². The van der Waals surface area contributed by atoms with E-state index in [0.29, 0.717) is 29.1 Å². The summed E-state index contributed by atoms with van der Waals surface area (Å²) >= 11 is 0. The second kappa shape index (κ2) is 20.6. The summed E-state index contributed by atoms with van der Waals surface area (Å²) in [4.78, 5) is 26.5. The molecule has 15 nitrogen and oxygen atoms in total. The monoisotopic (exact) mass is 853 g/mol. The summed E-state index contributed by atoms with van der Waals surface area (Å²) in [5.74, 6) is 1.17. The van der Waals surface area contributed by atoms with E-state index in [4.69, 9.17) is 37.7 Å². The van der Waals surface area contributed by atoms with Gasteiger partial charge in [-0.1, -0.05) is 68.4 Å². The van der Waals surface area contributed by atoms with Gasteiger partial charge in [0.2, 0.25) is 17.7 Å². The molecule has 0 aliphatic carbocycles. The Morgan fingerprint density at radius 3 is 2.05 bits per heavy atom. The van der Waals surface area contributed by atoms with Gasteiger partial charge in [-0.3, -0.25) is 14.7 Å². The largest absolute Gasteiger partial charge is 0.497 e. The Kier molecular flexibility index (Phi) is 15.3. The number of imidazole rings is 1. The van der Waals surface area contributed by atoms with Crippen LogP contribution in [0, 0.1) is 17.2 Å². The summed E-state index contributed by atoms with van der Waals surface area (Å²) in [5.41, 5.74) is 2.30. The zero-order valence-corrected chi connectivity index (χ0v) is 37.2. The summed E-state index contributed by atoms with van der Waals surface area (Å²) in [5, 5.41) is 12.2. The smallest absolute Gasteiger partial charge is 0.259 e. The second-order valence-electron chi connectivity index (χ2n) is 15.4. The fourth-order valence-electron chi connectivity index (χ4n) is 7.38. The molecule has 1 unspecified atom stereocenters. The van der Waals surface area contributed by atoms with Crippen LogP contribution in [0.15, 0.2) is 85.2 Å². The quantitative estimate of drug-likeness (QED) is 0.0451. The Hall–Kier alpha value is -5.20. The van der Waals surface area contributed by atoms with E-state index in [0.717, 1.165) is 16.7 Å². The Morgan fingerprint density at radius 2 is 1.51 bits per heavy atom. The number of hydrogen-bond donors (Lipinski definition) is 1. The van der Waals surface area contributed by atoms with Crippen LogP contribution in [0.5, 0.6) is 17.4 Å². The van der Waals surface area contributed by atoms with Crippen molar-refractivity contribution in [3.05, 3.63) is 102 Å². The van der Waals surface area contributed by atoms with Gasteiger partial charge in [0.15, 0.2) is 11.2 Å². The van der Waals surface area contributed by atoms with Crippen LogP contribution >= 0.6 is 8.53 Å². The van der Waals surface area contributed by atoms with Crippen molar-refractivity contribution in [1.29, 1.82) is 5.26 Å². The predicted octanol–water partition coefficient (Wildman–Crippen LogP) is 8.40. The molecule has 0 bridgehead atoms. The molecule has 2 aromatic heterocycles. The van der Waals surface area contributed by atoms with E-state index in [1.165, 1.54) is 7.11 Å². The van der Waals surface area contributed by atoms with Crippen LogP contribution < -0.4 is 19.5 Å². The van der Waals surface area contributed by atoms with Crippen molar-refractivity contribution >= 4 is 31.5 Å². The SMILES string of the molecule is COc1ccc(C(OC[C@H]2O[C@@H](n3cnc4c(OC)nc(NC(=O)C(C)C)nc43)C[C@H]2OP(OCCC#N)N(C(C)C)C(C)C)(c2ccccc2)c2ccc(OC)cc2)cc1. The highest BCUT2D eigenvalue weighted by Gasteiger charge is 2.45. The van der Waals surface area contributed by atoms with Gasteiger partial charge in [-0.15, -0.1) is 0 Å². The number of nitrogens with zero attached hydrogens (tertiary/aromatic N) is 6. The fourth-order valence-corrected chi connectivity index (χ4v) is 9.14. The highest BCUT2D eigenvalue weighted by atomic mass is 31.2. The fraction of sp³-hybridized carbons (Fsp3) is 0.444. The standard InChI is InChI=1S/C45H56N7O8P/c1-29(2)42(53)49-44-48-41-40(43(50-44)56-9)47-28-51(41)39-26-37(60-61(58-25-13-24-46)52(30(3)4)31(5)6)38(59-39)27-57-45(32-14-11-10-12-15-32,33-16-20-35(54-7)21-17-33)34-18-22-36(55-8)23-19-34/h10-12,14-23,28-31,37-39H,13,25-27H2,1-9H3,(H,48,49,50,53)/t37-,38-,39-,61?/m1/s1. The molecular formula is C45H56N7O8P. The topological polar surface area (TPSA) is 164 Å². The number of anilines is 1. The molecule has 61 heavy (non-hydrogen) atoms. The first kappa shape index (κ1) is 45.3. The van der Waals surface area contributed by atoms with Crippen LogP contribution in [-0.4, -0.2) is 88.9 Å². The summed E-state index contributed by atoms with van der Waals surface area (Å²) in [6, 6.07) is 28.1. The van der Waals surface area contributed by atoms with Crippen LogP contribution in [0.1, 0.15) is 77.3 Å². The van der Waals surface area contributed by atoms with E-state index in [9.17, 15) is 10.1 Å². The van der Waals surface area contributed by atoms with Crippen LogP contribution in [0.4, 0.5) is 5.95 Å². The molecular weight excluding hydrogens is 798 g/mol. The molecule has 3 heterocycles. The maximum Gasteiger partial charge on any atom is 0.259 e. The number of nitriles is 1. The van der Waals surface area contributed by atoms with Crippen LogP contribution in [0.2, 0.25) is 0 Å². The van der Waals surface area contributed by atoms with Crippen LogP contribution in [0.25, 0.3) is 11.2 Å².